The van der Waals surface area contributed by atoms with Gasteiger partial charge in [-0.25, -0.2) is 4.79 Å². The number of aromatic hydroxyl groups is 1. The molecule has 0 unspecified atom stereocenters. The topological polar surface area (TPSA) is 86.0 Å². The fourth-order valence-electron chi connectivity index (χ4n) is 1.97. The first-order valence-corrected chi connectivity index (χ1v) is 6.51. The normalized spacial score (nSPS) is 10.6. The van der Waals surface area contributed by atoms with Gasteiger partial charge in [0.05, 0.1) is 12.7 Å². The number of phenols is 1. The van der Waals surface area contributed by atoms with E-state index < -0.39 is 5.97 Å². The second kappa shape index (κ2) is 5.72. The summed E-state index contributed by atoms with van der Waals surface area (Å²) in [5.41, 5.74) is 0.945. The average molecular weight is 299 g/mol. The maximum atomic E-state index is 11.5. The molecule has 0 saturated heterocycles. The van der Waals surface area contributed by atoms with Crippen LogP contribution in [0.1, 0.15) is 16.2 Å². The van der Waals surface area contributed by atoms with E-state index in [9.17, 15) is 9.90 Å². The van der Waals surface area contributed by atoms with Crippen LogP contribution in [0.4, 0.5) is 0 Å². The van der Waals surface area contributed by atoms with E-state index in [-0.39, 0.29) is 12.4 Å². The number of benzene rings is 1. The van der Waals surface area contributed by atoms with Crippen molar-refractivity contribution in [1.29, 1.82) is 0 Å². The van der Waals surface area contributed by atoms with E-state index in [1.807, 2.05) is 0 Å². The number of hydrogen-bond acceptors (Lipinski definition) is 6. The third-order valence-electron chi connectivity index (χ3n) is 3.11. The number of aromatic nitrogens is 3. The predicted molar refractivity (Wildman–Crippen MR) is 76.8 cm³/mol. The molecule has 0 atom stereocenters. The van der Waals surface area contributed by atoms with Crippen molar-refractivity contribution in [2.24, 2.45) is 0 Å². The number of carbonyl (C=O) groups excluding carboxylic acids is 1. The largest absolute Gasteiger partial charge is 0.508 e. The van der Waals surface area contributed by atoms with Crippen molar-refractivity contribution >= 4 is 11.6 Å². The summed E-state index contributed by atoms with van der Waals surface area (Å²) in [5, 5.41) is 17.3. The van der Waals surface area contributed by atoms with Crippen molar-refractivity contribution in [3.8, 4) is 11.5 Å². The molecule has 0 saturated carbocycles. The van der Waals surface area contributed by atoms with Crippen molar-refractivity contribution in [1.82, 2.24) is 14.6 Å². The molecule has 112 valence electrons. The Morgan fingerprint density at radius 2 is 2.00 bits per heavy atom. The molecule has 0 aliphatic rings. The van der Waals surface area contributed by atoms with Gasteiger partial charge in [-0.1, -0.05) is 0 Å². The van der Waals surface area contributed by atoms with Gasteiger partial charge in [0.15, 0.2) is 11.5 Å². The van der Waals surface area contributed by atoms with Gasteiger partial charge >= 0.3 is 5.97 Å². The average Bonchev–Trinajstić information content (AvgIpc) is 2.96. The third-order valence-corrected chi connectivity index (χ3v) is 3.11. The number of nitrogens with zero attached hydrogens (tertiary/aromatic N) is 3. The van der Waals surface area contributed by atoms with E-state index in [2.05, 4.69) is 14.9 Å². The summed E-state index contributed by atoms with van der Waals surface area (Å²) < 4.78 is 12.0. The minimum absolute atomic E-state index is 0.176. The molecule has 0 amide bonds. The summed E-state index contributed by atoms with van der Waals surface area (Å²) in [6.45, 7) is 0.212. The van der Waals surface area contributed by atoms with E-state index >= 15 is 0 Å². The number of pyridine rings is 1. The van der Waals surface area contributed by atoms with Gasteiger partial charge < -0.3 is 14.6 Å². The number of ether oxygens (including phenoxy) is 2. The summed E-state index contributed by atoms with van der Waals surface area (Å²) in [4.78, 5) is 11.5. The highest BCUT2D eigenvalue weighted by Crippen LogP contribution is 2.17. The lowest BCUT2D eigenvalue weighted by Gasteiger charge is -2.05. The predicted octanol–water partition coefficient (Wildman–Crippen LogP) is 1.80. The summed E-state index contributed by atoms with van der Waals surface area (Å²) in [7, 11) is 1.33. The fraction of sp³-hybridized carbons (Fsp3) is 0.133. The lowest BCUT2D eigenvalue weighted by molar-refractivity contribution is 0.0600. The number of fused-ring (bicyclic) bond motifs is 1. The van der Waals surface area contributed by atoms with Crippen LogP contribution < -0.4 is 4.74 Å². The number of phenolic OH excluding ortho intramolecular Hbond substituents is 1. The first kappa shape index (κ1) is 13.9. The molecule has 0 spiro atoms. The van der Waals surface area contributed by atoms with Gasteiger partial charge in [-0.3, -0.25) is 4.40 Å². The van der Waals surface area contributed by atoms with Crippen LogP contribution in [0.5, 0.6) is 11.5 Å². The van der Waals surface area contributed by atoms with Crippen molar-refractivity contribution in [2.45, 2.75) is 6.61 Å². The summed E-state index contributed by atoms with van der Waals surface area (Å²) >= 11 is 0. The van der Waals surface area contributed by atoms with Gasteiger partial charge in [0.2, 0.25) is 0 Å². The lowest BCUT2D eigenvalue weighted by Crippen LogP contribution is -2.04. The van der Waals surface area contributed by atoms with Gasteiger partial charge in [-0.15, -0.1) is 10.2 Å². The van der Waals surface area contributed by atoms with E-state index in [0.29, 0.717) is 22.8 Å². The molecule has 1 aromatic carbocycles. The Labute approximate surface area is 125 Å². The molecule has 3 rings (SSSR count). The van der Waals surface area contributed by atoms with Gasteiger partial charge in [0.1, 0.15) is 18.1 Å². The summed E-state index contributed by atoms with van der Waals surface area (Å²) in [5.74, 6) is 0.961. The fourth-order valence-corrected chi connectivity index (χ4v) is 1.97. The Balaban J connectivity index is 1.79. The quantitative estimate of drug-likeness (QED) is 0.739. The number of hydrogen-bond donors (Lipinski definition) is 1. The molecular formula is C15H13N3O4. The number of carbonyl (C=O) groups is 1. The monoisotopic (exact) mass is 299 g/mol. The van der Waals surface area contributed by atoms with Crippen LogP contribution >= 0.6 is 0 Å². The van der Waals surface area contributed by atoms with Crippen LogP contribution in [0.3, 0.4) is 0 Å². The summed E-state index contributed by atoms with van der Waals surface area (Å²) in [6, 6.07) is 9.64. The highest BCUT2D eigenvalue weighted by molar-refractivity contribution is 5.90. The molecule has 7 heteroatoms. The molecule has 3 aromatic rings. The number of esters is 1. The van der Waals surface area contributed by atoms with E-state index in [0.717, 1.165) is 0 Å². The first-order valence-electron chi connectivity index (χ1n) is 6.51. The summed E-state index contributed by atoms with van der Waals surface area (Å²) in [6.07, 6.45) is 1.69. The third kappa shape index (κ3) is 2.69. The van der Waals surface area contributed by atoms with E-state index in [1.54, 1.807) is 47.0 Å². The molecule has 0 aliphatic carbocycles. The highest BCUT2D eigenvalue weighted by atomic mass is 16.5. The molecule has 7 nitrogen and oxygen atoms in total. The Morgan fingerprint density at radius 3 is 2.73 bits per heavy atom. The first-order chi connectivity index (χ1) is 10.7. The zero-order valence-corrected chi connectivity index (χ0v) is 11.8. The SMILES string of the molecule is COC(=O)c1ccn2c(COc3ccc(O)cc3)nnc2c1. The second-order valence-electron chi connectivity index (χ2n) is 4.53. The van der Waals surface area contributed by atoms with Gasteiger partial charge in [-0.2, -0.15) is 0 Å². The van der Waals surface area contributed by atoms with E-state index in [1.165, 1.54) is 7.11 Å². The molecule has 0 fully saturated rings. The molecule has 2 heterocycles. The Bertz CT molecular complexity index is 811. The van der Waals surface area contributed by atoms with Crippen LogP contribution in [-0.2, 0) is 11.3 Å². The van der Waals surface area contributed by atoms with Crippen molar-refractivity contribution in [3.05, 3.63) is 54.0 Å². The molecule has 0 radical (unpaired) electrons. The number of rotatable bonds is 4. The molecule has 0 aliphatic heterocycles. The Morgan fingerprint density at radius 1 is 1.23 bits per heavy atom. The van der Waals surface area contributed by atoms with Gasteiger partial charge in [0.25, 0.3) is 0 Å². The molecular weight excluding hydrogens is 286 g/mol. The van der Waals surface area contributed by atoms with E-state index in [4.69, 9.17) is 4.74 Å². The van der Waals surface area contributed by atoms with Crippen molar-refractivity contribution < 1.29 is 19.4 Å². The Hall–Kier alpha value is -3.09. The van der Waals surface area contributed by atoms with Crippen LogP contribution in [0, 0.1) is 0 Å². The van der Waals surface area contributed by atoms with Crippen molar-refractivity contribution in [3.63, 3.8) is 0 Å². The molecule has 22 heavy (non-hydrogen) atoms. The maximum Gasteiger partial charge on any atom is 0.338 e. The Kier molecular flexibility index (Phi) is 3.61. The second-order valence-corrected chi connectivity index (χ2v) is 4.53. The van der Waals surface area contributed by atoms with Crippen LogP contribution in [0.15, 0.2) is 42.6 Å². The van der Waals surface area contributed by atoms with Gasteiger partial charge in [0, 0.05) is 6.20 Å². The van der Waals surface area contributed by atoms with Crippen molar-refractivity contribution in [2.75, 3.05) is 7.11 Å². The van der Waals surface area contributed by atoms with Crippen LogP contribution in [0.25, 0.3) is 5.65 Å². The lowest BCUT2D eigenvalue weighted by atomic mass is 10.2. The minimum Gasteiger partial charge on any atom is -0.508 e. The molecule has 0 bridgehead atoms. The van der Waals surface area contributed by atoms with Crippen LogP contribution in [0.2, 0.25) is 0 Å². The minimum atomic E-state index is -0.424. The van der Waals surface area contributed by atoms with Gasteiger partial charge in [-0.05, 0) is 36.4 Å². The number of methoxy groups -OCH3 is 1. The smallest absolute Gasteiger partial charge is 0.338 e. The highest BCUT2D eigenvalue weighted by Gasteiger charge is 2.10. The van der Waals surface area contributed by atoms with Crippen LogP contribution in [-0.4, -0.2) is 32.8 Å². The zero-order valence-electron chi connectivity index (χ0n) is 11.8. The maximum absolute atomic E-state index is 11.5. The standard InChI is InChI=1S/C15H13N3O4/c1-21-15(20)10-6-7-18-13(8-10)16-17-14(18)9-22-12-4-2-11(19)3-5-12/h2-8,19H,9H2,1H3. The molecule has 2 aromatic heterocycles. The zero-order chi connectivity index (χ0) is 15.5. The molecule has 1 N–H and O–H groups in total.